The van der Waals surface area contributed by atoms with Crippen LogP contribution in [0.5, 0.6) is 0 Å². The number of amides is 1. The van der Waals surface area contributed by atoms with Gasteiger partial charge in [0, 0.05) is 12.6 Å². The highest BCUT2D eigenvalue weighted by Gasteiger charge is 2.26. The van der Waals surface area contributed by atoms with Crippen LogP contribution in [0.25, 0.3) is 10.2 Å². The van der Waals surface area contributed by atoms with Gasteiger partial charge in [-0.15, -0.1) is 11.3 Å². The van der Waals surface area contributed by atoms with Gasteiger partial charge >= 0.3 is 0 Å². The molecule has 0 bridgehead atoms. The second kappa shape index (κ2) is 8.70. The molecule has 1 amide bonds. The maximum atomic E-state index is 13.2. The van der Waals surface area contributed by atoms with Gasteiger partial charge in [-0.25, -0.2) is 9.97 Å². The summed E-state index contributed by atoms with van der Waals surface area (Å²) in [6, 6.07) is 8.79. The van der Waals surface area contributed by atoms with Crippen molar-refractivity contribution in [3.8, 4) is 0 Å². The number of fused-ring (bicyclic) bond motifs is 2. The Kier molecular flexibility index (Phi) is 6.01. The van der Waals surface area contributed by atoms with E-state index in [4.69, 9.17) is 0 Å². The van der Waals surface area contributed by atoms with Crippen LogP contribution in [0.15, 0.2) is 30.6 Å². The summed E-state index contributed by atoms with van der Waals surface area (Å²) in [6.07, 6.45) is 4.87. The fourth-order valence-corrected chi connectivity index (χ4v) is 5.39. The molecular formula is C23H28N4O2S. The van der Waals surface area contributed by atoms with Crippen LogP contribution in [0.3, 0.4) is 0 Å². The van der Waals surface area contributed by atoms with Crippen LogP contribution in [0.1, 0.15) is 59.1 Å². The van der Waals surface area contributed by atoms with Crippen LogP contribution in [0, 0.1) is 6.92 Å². The van der Waals surface area contributed by atoms with Crippen molar-refractivity contribution in [1.29, 1.82) is 0 Å². The van der Waals surface area contributed by atoms with Crippen molar-refractivity contribution in [1.82, 2.24) is 14.9 Å². The smallest absolute Gasteiger partial charge is 0.264 e. The molecule has 7 heteroatoms. The zero-order chi connectivity index (χ0) is 21.3. The Labute approximate surface area is 181 Å². The van der Waals surface area contributed by atoms with E-state index < -0.39 is 0 Å². The van der Waals surface area contributed by atoms with E-state index in [-0.39, 0.29) is 24.6 Å². The van der Waals surface area contributed by atoms with Crippen LogP contribution in [0.2, 0.25) is 0 Å². The van der Waals surface area contributed by atoms with Gasteiger partial charge in [0.05, 0.1) is 22.9 Å². The molecule has 0 fully saturated rings. The molecule has 3 aromatic rings. The minimum absolute atomic E-state index is 0.0108. The average Bonchev–Trinajstić information content (AvgIpc) is 3.09. The molecule has 6 nitrogen and oxygen atoms in total. The van der Waals surface area contributed by atoms with Crippen molar-refractivity contribution >= 4 is 33.3 Å². The number of carbonyl (C=O) groups excluding carboxylic acids is 1. The van der Waals surface area contributed by atoms with E-state index in [9.17, 15) is 9.90 Å². The monoisotopic (exact) mass is 424 g/mol. The third kappa shape index (κ3) is 3.79. The third-order valence-electron chi connectivity index (χ3n) is 5.83. The molecule has 0 saturated heterocycles. The molecule has 0 saturated carbocycles. The summed E-state index contributed by atoms with van der Waals surface area (Å²) in [4.78, 5) is 25.4. The molecule has 158 valence electrons. The number of nitrogens with zero attached hydrogens (tertiary/aromatic N) is 3. The SMILES string of the molecule is Cc1c(C(=O)N(CCO)C(C)C)sc2ncnc(N[C@H]3CCCc4ccccc43)c12. The van der Waals surface area contributed by atoms with Gasteiger partial charge in [0.1, 0.15) is 17.0 Å². The summed E-state index contributed by atoms with van der Waals surface area (Å²) in [6.45, 7) is 6.15. The summed E-state index contributed by atoms with van der Waals surface area (Å²) >= 11 is 1.40. The highest BCUT2D eigenvalue weighted by molar-refractivity contribution is 7.20. The van der Waals surface area contributed by atoms with Gasteiger partial charge in [0.2, 0.25) is 0 Å². The van der Waals surface area contributed by atoms with Crippen molar-refractivity contribution in [2.75, 3.05) is 18.5 Å². The van der Waals surface area contributed by atoms with Crippen molar-refractivity contribution in [2.45, 2.75) is 52.1 Å². The predicted octanol–water partition coefficient (Wildman–Crippen LogP) is 4.33. The van der Waals surface area contributed by atoms with Crippen molar-refractivity contribution < 1.29 is 9.90 Å². The summed E-state index contributed by atoms with van der Waals surface area (Å²) in [5.41, 5.74) is 3.62. The number of aliphatic hydroxyl groups excluding tert-OH is 1. The number of hydrogen-bond donors (Lipinski definition) is 2. The normalized spacial score (nSPS) is 16.0. The second-order valence-electron chi connectivity index (χ2n) is 8.06. The molecule has 4 rings (SSSR count). The average molecular weight is 425 g/mol. The predicted molar refractivity (Wildman–Crippen MR) is 121 cm³/mol. The molecule has 1 aliphatic carbocycles. The molecule has 30 heavy (non-hydrogen) atoms. The highest BCUT2D eigenvalue weighted by atomic mass is 32.1. The summed E-state index contributed by atoms with van der Waals surface area (Å²) < 4.78 is 0. The Morgan fingerprint density at radius 1 is 1.33 bits per heavy atom. The molecular weight excluding hydrogens is 396 g/mol. The van der Waals surface area contributed by atoms with E-state index in [1.165, 1.54) is 22.5 Å². The molecule has 1 atom stereocenters. The number of aliphatic hydroxyl groups is 1. The number of thiophene rings is 1. The minimum Gasteiger partial charge on any atom is -0.395 e. The number of carbonyl (C=O) groups is 1. The standard InChI is InChI=1S/C23H28N4O2S/c1-14(2)27(11-12-28)23(29)20-15(3)19-21(24-13-25-22(19)30-20)26-18-10-6-8-16-7-4-5-9-17(16)18/h4-5,7,9,13-14,18,28H,6,8,10-12H2,1-3H3,(H,24,25,26)/t18-/m0/s1. The van der Waals surface area contributed by atoms with Gasteiger partial charge in [-0.05, 0) is 56.7 Å². The van der Waals surface area contributed by atoms with Crippen molar-refractivity contribution in [3.05, 3.63) is 52.2 Å². The minimum atomic E-state index is -0.0616. The Hall–Kier alpha value is -2.51. The van der Waals surface area contributed by atoms with E-state index in [1.807, 2.05) is 20.8 Å². The lowest BCUT2D eigenvalue weighted by Gasteiger charge is -2.27. The topological polar surface area (TPSA) is 78.4 Å². The lowest BCUT2D eigenvalue weighted by atomic mass is 9.87. The van der Waals surface area contributed by atoms with Gasteiger partial charge in [0.25, 0.3) is 5.91 Å². The number of nitrogens with one attached hydrogen (secondary N) is 1. The van der Waals surface area contributed by atoms with E-state index in [2.05, 4.69) is 39.6 Å². The highest BCUT2D eigenvalue weighted by Crippen LogP contribution is 2.38. The first-order valence-corrected chi connectivity index (χ1v) is 11.3. The lowest BCUT2D eigenvalue weighted by Crippen LogP contribution is -2.38. The summed E-state index contributed by atoms with van der Waals surface area (Å²) in [7, 11) is 0. The van der Waals surface area contributed by atoms with Crippen LogP contribution in [0.4, 0.5) is 5.82 Å². The van der Waals surface area contributed by atoms with Crippen LogP contribution in [-0.2, 0) is 6.42 Å². The van der Waals surface area contributed by atoms with Crippen LogP contribution < -0.4 is 5.32 Å². The van der Waals surface area contributed by atoms with E-state index in [1.54, 1.807) is 11.2 Å². The van der Waals surface area contributed by atoms with Crippen LogP contribution >= 0.6 is 11.3 Å². The van der Waals surface area contributed by atoms with Gasteiger partial charge in [0.15, 0.2) is 0 Å². The number of anilines is 1. The maximum Gasteiger partial charge on any atom is 0.264 e. The Bertz CT molecular complexity index is 1060. The fourth-order valence-electron chi connectivity index (χ4n) is 4.29. The first-order chi connectivity index (χ1) is 14.5. The van der Waals surface area contributed by atoms with E-state index in [0.29, 0.717) is 11.4 Å². The lowest BCUT2D eigenvalue weighted by molar-refractivity contribution is 0.0670. The Morgan fingerprint density at radius 2 is 2.13 bits per heavy atom. The van der Waals surface area contributed by atoms with E-state index >= 15 is 0 Å². The van der Waals surface area contributed by atoms with Gasteiger partial charge in [-0.1, -0.05) is 24.3 Å². The zero-order valence-corrected chi connectivity index (χ0v) is 18.5. The number of aromatic nitrogens is 2. The van der Waals surface area contributed by atoms with Gasteiger partial charge in [-0.3, -0.25) is 4.79 Å². The first kappa shape index (κ1) is 20.8. The molecule has 0 aliphatic heterocycles. The molecule has 2 aromatic heterocycles. The summed E-state index contributed by atoms with van der Waals surface area (Å²) in [5.74, 6) is 0.723. The molecule has 0 unspecified atom stereocenters. The molecule has 2 heterocycles. The van der Waals surface area contributed by atoms with Crippen molar-refractivity contribution in [2.24, 2.45) is 0 Å². The zero-order valence-electron chi connectivity index (χ0n) is 17.7. The molecule has 1 aliphatic rings. The second-order valence-corrected chi connectivity index (χ2v) is 9.06. The molecule has 0 spiro atoms. The quantitative estimate of drug-likeness (QED) is 0.616. The number of benzene rings is 1. The van der Waals surface area contributed by atoms with Gasteiger partial charge in [-0.2, -0.15) is 0 Å². The molecule has 2 N–H and O–H groups in total. The van der Waals surface area contributed by atoms with Crippen molar-refractivity contribution in [3.63, 3.8) is 0 Å². The first-order valence-electron chi connectivity index (χ1n) is 10.5. The van der Waals surface area contributed by atoms with Gasteiger partial charge < -0.3 is 15.3 Å². The van der Waals surface area contributed by atoms with E-state index in [0.717, 1.165) is 40.9 Å². The Balaban J connectivity index is 1.71. The number of hydrogen-bond acceptors (Lipinski definition) is 6. The third-order valence-corrected chi connectivity index (χ3v) is 7.01. The largest absolute Gasteiger partial charge is 0.395 e. The summed E-state index contributed by atoms with van der Waals surface area (Å²) in [5, 5.41) is 13.9. The Morgan fingerprint density at radius 3 is 2.90 bits per heavy atom. The number of aryl methyl sites for hydroxylation is 2. The number of rotatable bonds is 6. The molecule has 1 aromatic carbocycles. The fraction of sp³-hybridized carbons (Fsp3) is 0.435. The molecule has 0 radical (unpaired) electrons. The van der Waals surface area contributed by atoms with Crippen LogP contribution in [-0.4, -0.2) is 45.1 Å². The maximum absolute atomic E-state index is 13.2.